The second-order valence-corrected chi connectivity index (χ2v) is 9.83. The van der Waals surface area contributed by atoms with Crippen LogP contribution in [0.2, 0.25) is 19.6 Å². The molecule has 0 bridgehead atoms. The van der Waals surface area contributed by atoms with E-state index in [1.54, 1.807) is 0 Å². The van der Waals surface area contributed by atoms with Crippen molar-refractivity contribution in [3.05, 3.63) is 0 Å². The van der Waals surface area contributed by atoms with Crippen molar-refractivity contribution in [2.75, 3.05) is 6.61 Å². The van der Waals surface area contributed by atoms with Gasteiger partial charge < -0.3 is 9.16 Å². The Balaban J connectivity index is 2.05. The van der Waals surface area contributed by atoms with E-state index in [1.165, 1.54) is 6.42 Å². The molecule has 1 aliphatic heterocycles. The van der Waals surface area contributed by atoms with Crippen LogP contribution in [-0.4, -0.2) is 26.1 Å². The zero-order valence-corrected chi connectivity index (χ0v) is 10.2. The van der Waals surface area contributed by atoms with Crippen LogP contribution in [0, 0.1) is 5.92 Å². The largest absolute Gasteiger partial charge is 0.389 e. The Hall–Kier alpha value is 0.427. The first-order chi connectivity index (χ1) is 5.96. The monoisotopic (exact) mass is 220 g/mol. The lowest BCUT2D eigenvalue weighted by Gasteiger charge is -2.29. The van der Waals surface area contributed by atoms with Gasteiger partial charge >= 0.3 is 0 Å². The highest BCUT2D eigenvalue weighted by Gasteiger charge is 2.69. The summed E-state index contributed by atoms with van der Waals surface area (Å²) in [6.07, 6.45) is 2.29. The molecule has 1 heterocycles. The van der Waals surface area contributed by atoms with Crippen molar-refractivity contribution < 1.29 is 9.16 Å². The van der Waals surface area contributed by atoms with Gasteiger partial charge in [0.25, 0.3) is 0 Å². The fourth-order valence-corrected chi connectivity index (χ4v) is 3.94. The molecule has 0 N–H and O–H groups in total. The number of hydrogen-bond acceptors (Lipinski definition) is 2. The highest BCUT2D eigenvalue weighted by molar-refractivity contribution is 6.69. The second kappa shape index (κ2) is 2.96. The van der Waals surface area contributed by atoms with E-state index in [9.17, 15) is 0 Å². The SMILES string of the molecule is C[Si](C)(C)OC12OCCCC1C2Cl. The molecular formula is C9H17ClO2Si. The minimum absolute atomic E-state index is 0.0988. The van der Waals surface area contributed by atoms with Crippen LogP contribution in [0.5, 0.6) is 0 Å². The first-order valence-electron chi connectivity index (χ1n) is 4.94. The van der Waals surface area contributed by atoms with Crippen molar-refractivity contribution in [3.8, 4) is 0 Å². The summed E-state index contributed by atoms with van der Waals surface area (Å²) < 4.78 is 11.7. The molecule has 3 atom stereocenters. The average molecular weight is 221 g/mol. The van der Waals surface area contributed by atoms with E-state index in [-0.39, 0.29) is 11.2 Å². The first kappa shape index (κ1) is 9.96. The molecule has 3 unspecified atom stereocenters. The number of hydrogen-bond donors (Lipinski definition) is 0. The van der Waals surface area contributed by atoms with Crippen molar-refractivity contribution in [3.63, 3.8) is 0 Å². The molecule has 2 rings (SSSR count). The first-order valence-corrected chi connectivity index (χ1v) is 8.78. The number of alkyl halides is 1. The smallest absolute Gasteiger partial charge is 0.187 e. The Labute approximate surface area is 85.7 Å². The normalized spacial score (nSPS) is 44.3. The summed E-state index contributed by atoms with van der Waals surface area (Å²) >= 11 is 6.19. The topological polar surface area (TPSA) is 18.5 Å². The number of rotatable bonds is 2. The van der Waals surface area contributed by atoms with E-state index < -0.39 is 8.32 Å². The molecule has 1 aliphatic carbocycles. The van der Waals surface area contributed by atoms with Gasteiger partial charge in [-0.15, -0.1) is 11.6 Å². The van der Waals surface area contributed by atoms with E-state index in [1.807, 2.05) is 0 Å². The van der Waals surface area contributed by atoms with Gasteiger partial charge in [0.1, 0.15) is 0 Å². The second-order valence-electron chi connectivity index (χ2n) is 4.93. The van der Waals surface area contributed by atoms with Crippen LogP contribution in [0.4, 0.5) is 0 Å². The van der Waals surface area contributed by atoms with Gasteiger partial charge in [-0.1, -0.05) is 0 Å². The van der Waals surface area contributed by atoms with E-state index >= 15 is 0 Å². The van der Waals surface area contributed by atoms with E-state index in [0.29, 0.717) is 5.92 Å². The zero-order valence-electron chi connectivity index (χ0n) is 8.47. The zero-order chi connectivity index (χ0) is 9.69. The van der Waals surface area contributed by atoms with Crippen molar-refractivity contribution in [1.82, 2.24) is 0 Å². The summed E-state index contributed by atoms with van der Waals surface area (Å²) in [5.74, 6) is 0.0687. The van der Waals surface area contributed by atoms with Gasteiger partial charge in [-0.3, -0.25) is 0 Å². The predicted molar refractivity (Wildman–Crippen MR) is 55.5 cm³/mol. The summed E-state index contributed by atoms with van der Waals surface area (Å²) in [6.45, 7) is 7.35. The van der Waals surface area contributed by atoms with Crippen LogP contribution >= 0.6 is 11.6 Å². The standard InChI is InChI=1S/C9H17ClO2Si/c1-13(2,3)12-9-7(8(9)10)5-4-6-11-9/h7-8H,4-6H2,1-3H3. The third-order valence-corrected chi connectivity index (χ3v) is 4.14. The molecule has 2 nitrogen and oxygen atoms in total. The molecule has 1 saturated carbocycles. The molecule has 13 heavy (non-hydrogen) atoms. The molecule has 4 heteroatoms. The van der Waals surface area contributed by atoms with Crippen LogP contribution in [0.3, 0.4) is 0 Å². The third kappa shape index (κ3) is 1.67. The lowest BCUT2D eigenvalue weighted by Crippen LogP contribution is -2.39. The number of halogens is 1. The highest BCUT2D eigenvalue weighted by atomic mass is 35.5. The van der Waals surface area contributed by atoms with Gasteiger partial charge in [0.15, 0.2) is 14.1 Å². The van der Waals surface area contributed by atoms with E-state index in [2.05, 4.69) is 19.6 Å². The molecule has 0 aromatic carbocycles. The number of fused-ring (bicyclic) bond motifs is 1. The molecule has 0 aromatic rings. The molecule has 0 aromatic heterocycles. The lowest BCUT2D eigenvalue weighted by molar-refractivity contribution is -0.138. The fourth-order valence-electron chi connectivity index (χ4n) is 2.07. The van der Waals surface area contributed by atoms with Crippen molar-refractivity contribution in [2.24, 2.45) is 5.92 Å². The molecule has 0 radical (unpaired) electrons. The van der Waals surface area contributed by atoms with Crippen LogP contribution < -0.4 is 0 Å². The minimum atomic E-state index is -1.53. The Bertz CT molecular complexity index is 216. The van der Waals surface area contributed by atoms with E-state index in [0.717, 1.165) is 13.0 Å². The lowest BCUT2D eigenvalue weighted by atomic mass is 10.2. The van der Waals surface area contributed by atoms with Gasteiger partial charge in [0, 0.05) is 5.92 Å². The van der Waals surface area contributed by atoms with E-state index in [4.69, 9.17) is 20.8 Å². The van der Waals surface area contributed by atoms with Crippen LogP contribution in [0.25, 0.3) is 0 Å². The van der Waals surface area contributed by atoms with Crippen LogP contribution in [-0.2, 0) is 9.16 Å². The van der Waals surface area contributed by atoms with Gasteiger partial charge in [-0.25, -0.2) is 0 Å². The maximum Gasteiger partial charge on any atom is 0.187 e. The molecule has 2 aliphatic rings. The van der Waals surface area contributed by atoms with Crippen molar-refractivity contribution in [2.45, 2.75) is 43.6 Å². The molecule has 0 spiro atoms. The molecular weight excluding hydrogens is 204 g/mol. The van der Waals surface area contributed by atoms with Gasteiger partial charge in [0.05, 0.1) is 12.0 Å². The maximum absolute atomic E-state index is 6.19. The van der Waals surface area contributed by atoms with Crippen molar-refractivity contribution in [1.29, 1.82) is 0 Å². The summed E-state index contributed by atoms with van der Waals surface area (Å²) in [5, 5.41) is 0.0988. The van der Waals surface area contributed by atoms with Gasteiger partial charge in [0.2, 0.25) is 0 Å². The maximum atomic E-state index is 6.19. The Morgan fingerprint density at radius 3 is 2.69 bits per heavy atom. The van der Waals surface area contributed by atoms with Crippen LogP contribution in [0.1, 0.15) is 12.8 Å². The minimum Gasteiger partial charge on any atom is -0.389 e. The average Bonchev–Trinajstić information content (AvgIpc) is 2.54. The molecule has 2 fully saturated rings. The summed E-state index contributed by atoms with van der Waals surface area (Å²) in [6, 6.07) is 0. The quantitative estimate of drug-likeness (QED) is 0.526. The third-order valence-electron chi connectivity index (χ3n) is 2.60. The molecule has 1 saturated heterocycles. The van der Waals surface area contributed by atoms with Crippen LogP contribution in [0.15, 0.2) is 0 Å². The number of ether oxygens (including phenoxy) is 1. The molecule has 76 valence electrons. The summed E-state index contributed by atoms with van der Waals surface area (Å²) in [5.41, 5.74) is 0. The summed E-state index contributed by atoms with van der Waals surface area (Å²) in [7, 11) is -1.53. The van der Waals surface area contributed by atoms with Crippen molar-refractivity contribution >= 4 is 19.9 Å². The predicted octanol–water partition coefficient (Wildman–Crippen LogP) is 2.58. The Morgan fingerprint density at radius 1 is 1.46 bits per heavy atom. The molecule has 0 amide bonds. The Morgan fingerprint density at radius 2 is 2.15 bits per heavy atom. The fraction of sp³-hybridized carbons (Fsp3) is 1.00. The Kier molecular flexibility index (Phi) is 2.27. The highest BCUT2D eigenvalue weighted by Crippen LogP contribution is 2.57. The summed E-state index contributed by atoms with van der Waals surface area (Å²) in [4.78, 5) is 0. The van der Waals surface area contributed by atoms with Gasteiger partial charge in [-0.05, 0) is 32.5 Å². The van der Waals surface area contributed by atoms with Gasteiger partial charge in [-0.2, -0.15) is 0 Å².